The van der Waals surface area contributed by atoms with Crippen molar-refractivity contribution in [3.05, 3.63) is 16.1 Å². The maximum Gasteiger partial charge on any atom is 0.0797 e. The number of aromatic nitrogens is 1. The maximum atomic E-state index is 5.08. The van der Waals surface area contributed by atoms with E-state index in [0.717, 1.165) is 26.1 Å². The second-order valence-corrected chi connectivity index (χ2v) is 6.53. The molecule has 1 atom stereocenters. The van der Waals surface area contributed by atoms with E-state index in [1.54, 1.807) is 18.4 Å². The first-order valence-electron chi connectivity index (χ1n) is 7.20. The summed E-state index contributed by atoms with van der Waals surface area (Å²) in [5.74, 6) is 0. The first kappa shape index (κ1) is 16.6. The number of aryl methyl sites for hydroxylation is 2. The van der Waals surface area contributed by atoms with Crippen molar-refractivity contribution in [1.82, 2.24) is 10.3 Å². The van der Waals surface area contributed by atoms with Crippen molar-refractivity contribution in [3.8, 4) is 0 Å². The van der Waals surface area contributed by atoms with Gasteiger partial charge in [0.2, 0.25) is 0 Å². The van der Waals surface area contributed by atoms with Crippen molar-refractivity contribution in [2.75, 3.05) is 26.8 Å². The van der Waals surface area contributed by atoms with Crippen LogP contribution in [0.15, 0.2) is 5.51 Å². The van der Waals surface area contributed by atoms with Gasteiger partial charge < -0.3 is 10.1 Å². The zero-order valence-corrected chi connectivity index (χ0v) is 13.6. The summed E-state index contributed by atoms with van der Waals surface area (Å²) in [6.07, 6.45) is 4.89. The molecule has 0 amide bonds. The van der Waals surface area contributed by atoms with Crippen LogP contribution in [-0.4, -0.2) is 31.8 Å². The molecule has 0 bridgehead atoms. The Morgan fingerprint density at radius 2 is 2.21 bits per heavy atom. The molecule has 3 nitrogen and oxygen atoms in total. The molecule has 1 aromatic rings. The Labute approximate surface area is 121 Å². The van der Waals surface area contributed by atoms with Crippen molar-refractivity contribution < 1.29 is 4.74 Å². The maximum absolute atomic E-state index is 5.08. The van der Waals surface area contributed by atoms with Crippen LogP contribution in [0.5, 0.6) is 0 Å². The second kappa shape index (κ2) is 8.67. The quantitative estimate of drug-likeness (QED) is 0.668. The van der Waals surface area contributed by atoms with Gasteiger partial charge in [0.1, 0.15) is 0 Å². The molecule has 0 aliphatic heterocycles. The molecule has 0 fully saturated rings. The van der Waals surface area contributed by atoms with Crippen molar-refractivity contribution in [3.63, 3.8) is 0 Å². The fraction of sp³-hybridized carbons (Fsp3) is 0.800. The molecule has 1 heterocycles. The normalized spacial score (nSPS) is 14.5. The Balaban J connectivity index is 2.43. The Bertz CT molecular complexity index is 354. The summed E-state index contributed by atoms with van der Waals surface area (Å²) in [7, 11) is 1.75. The highest BCUT2D eigenvalue weighted by atomic mass is 32.1. The molecule has 0 spiro atoms. The van der Waals surface area contributed by atoms with Crippen molar-refractivity contribution in [2.45, 2.75) is 46.5 Å². The lowest BCUT2D eigenvalue weighted by Crippen LogP contribution is -2.34. The van der Waals surface area contributed by atoms with Crippen LogP contribution < -0.4 is 5.32 Å². The van der Waals surface area contributed by atoms with Crippen LogP contribution in [0.2, 0.25) is 0 Å². The zero-order chi connectivity index (χ0) is 14.1. The number of hydrogen-bond donors (Lipinski definition) is 1. The second-order valence-electron chi connectivity index (χ2n) is 5.59. The van der Waals surface area contributed by atoms with Crippen molar-refractivity contribution in [1.29, 1.82) is 0 Å². The molecule has 1 N–H and O–H groups in total. The van der Waals surface area contributed by atoms with Crippen LogP contribution in [0.25, 0.3) is 0 Å². The van der Waals surface area contributed by atoms with Crippen molar-refractivity contribution >= 4 is 11.3 Å². The molecular formula is C15H28N2OS. The van der Waals surface area contributed by atoms with Gasteiger partial charge in [0.05, 0.1) is 17.8 Å². The number of nitrogens with one attached hydrogen (secondary N) is 1. The lowest BCUT2D eigenvalue weighted by atomic mass is 9.80. The van der Waals surface area contributed by atoms with Gasteiger partial charge >= 0.3 is 0 Å². The Hall–Kier alpha value is -0.450. The third-order valence-electron chi connectivity index (χ3n) is 3.69. The standard InChI is InChI=1S/C15H28N2OS/c1-5-7-15(3,11-16-9-10-18-4)8-6-14-13(2)17-12-19-14/h12,16H,5-11H2,1-4H3. The van der Waals surface area contributed by atoms with Gasteiger partial charge in [0.15, 0.2) is 0 Å². The Morgan fingerprint density at radius 3 is 2.79 bits per heavy atom. The Kier molecular flexibility index (Phi) is 7.57. The van der Waals surface area contributed by atoms with Crippen LogP contribution in [0.3, 0.4) is 0 Å². The summed E-state index contributed by atoms with van der Waals surface area (Å²) in [5, 5.41) is 3.52. The summed E-state index contributed by atoms with van der Waals surface area (Å²) >= 11 is 1.79. The summed E-state index contributed by atoms with van der Waals surface area (Å²) in [6, 6.07) is 0. The average Bonchev–Trinajstić information content (AvgIpc) is 2.79. The lowest BCUT2D eigenvalue weighted by molar-refractivity contribution is 0.187. The van der Waals surface area contributed by atoms with Crippen molar-refractivity contribution in [2.24, 2.45) is 5.41 Å². The number of nitrogens with zero attached hydrogens (tertiary/aromatic N) is 1. The van der Waals surface area contributed by atoms with E-state index in [1.807, 2.05) is 5.51 Å². The highest BCUT2D eigenvalue weighted by Crippen LogP contribution is 2.30. The Morgan fingerprint density at radius 1 is 1.42 bits per heavy atom. The molecule has 0 radical (unpaired) electrons. The molecular weight excluding hydrogens is 256 g/mol. The summed E-state index contributed by atoms with van der Waals surface area (Å²) in [5.41, 5.74) is 3.54. The van der Waals surface area contributed by atoms with E-state index < -0.39 is 0 Å². The summed E-state index contributed by atoms with van der Waals surface area (Å²) in [6.45, 7) is 9.57. The first-order valence-corrected chi connectivity index (χ1v) is 8.08. The lowest BCUT2D eigenvalue weighted by Gasteiger charge is -2.29. The van der Waals surface area contributed by atoms with E-state index in [9.17, 15) is 0 Å². The highest BCUT2D eigenvalue weighted by molar-refractivity contribution is 7.09. The minimum Gasteiger partial charge on any atom is -0.383 e. The topological polar surface area (TPSA) is 34.2 Å². The molecule has 0 aromatic carbocycles. The molecule has 1 aromatic heterocycles. The van der Waals surface area contributed by atoms with E-state index in [0.29, 0.717) is 5.41 Å². The van der Waals surface area contributed by atoms with Crippen LogP contribution in [0.4, 0.5) is 0 Å². The minimum absolute atomic E-state index is 0.374. The first-order chi connectivity index (χ1) is 9.11. The fourth-order valence-corrected chi connectivity index (χ4v) is 3.23. The molecule has 1 rings (SSSR count). The van der Waals surface area contributed by atoms with Crippen LogP contribution >= 0.6 is 11.3 Å². The number of ether oxygens (including phenoxy) is 1. The van der Waals surface area contributed by atoms with E-state index in [-0.39, 0.29) is 0 Å². The molecule has 19 heavy (non-hydrogen) atoms. The van der Waals surface area contributed by atoms with Gasteiger partial charge in [0, 0.05) is 25.1 Å². The predicted octanol–water partition coefficient (Wildman–Crippen LogP) is 3.43. The zero-order valence-electron chi connectivity index (χ0n) is 12.8. The third kappa shape index (κ3) is 6.02. The number of rotatable bonds is 10. The average molecular weight is 284 g/mol. The highest BCUT2D eigenvalue weighted by Gasteiger charge is 2.23. The molecule has 110 valence electrons. The molecule has 0 saturated carbocycles. The number of hydrogen-bond acceptors (Lipinski definition) is 4. The molecule has 0 saturated heterocycles. The summed E-state index contributed by atoms with van der Waals surface area (Å²) in [4.78, 5) is 5.78. The van der Waals surface area contributed by atoms with Gasteiger partial charge in [-0.25, -0.2) is 4.98 Å². The van der Waals surface area contributed by atoms with E-state index >= 15 is 0 Å². The van der Waals surface area contributed by atoms with Gasteiger partial charge in [-0.3, -0.25) is 0 Å². The SMILES string of the molecule is CCCC(C)(CCc1scnc1C)CNCCOC. The van der Waals surface area contributed by atoms with Gasteiger partial charge in [-0.05, 0) is 31.6 Å². The minimum atomic E-state index is 0.374. The van der Waals surface area contributed by atoms with Crippen LogP contribution in [0.1, 0.15) is 43.7 Å². The van der Waals surface area contributed by atoms with Gasteiger partial charge in [-0.2, -0.15) is 0 Å². The van der Waals surface area contributed by atoms with Gasteiger partial charge in [-0.15, -0.1) is 11.3 Å². The monoisotopic (exact) mass is 284 g/mol. The smallest absolute Gasteiger partial charge is 0.0797 e. The van der Waals surface area contributed by atoms with Gasteiger partial charge in [-0.1, -0.05) is 20.3 Å². The van der Waals surface area contributed by atoms with E-state index in [4.69, 9.17) is 4.74 Å². The molecule has 4 heteroatoms. The van der Waals surface area contributed by atoms with Gasteiger partial charge in [0.25, 0.3) is 0 Å². The van der Waals surface area contributed by atoms with E-state index in [1.165, 1.54) is 29.8 Å². The third-order valence-corrected chi connectivity index (χ3v) is 4.68. The van der Waals surface area contributed by atoms with Crippen LogP contribution in [0, 0.1) is 12.3 Å². The predicted molar refractivity (Wildman–Crippen MR) is 82.9 cm³/mol. The molecule has 1 unspecified atom stereocenters. The summed E-state index contributed by atoms with van der Waals surface area (Å²) < 4.78 is 5.08. The number of thiazole rings is 1. The molecule has 0 aliphatic carbocycles. The van der Waals surface area contributed by atoms with Crippen LogP contribution in [-0.2, 0) is 11.2 Å². The largest absolute Gasteiger partial charge is 0.383 e. The molecule has 0 aliphatic rings. The number of methoxy groups -OCH3 is 1. The fourth-order valence-electron chi connectivity index (χ4n) is 2.45. The van der Waals surface area contributed by atoms with E-state index in [2.05, 4.69) is 31.1 Å².